The zero-order chi connectivity index (χ0) is 15.1. The van der Waals surface area contributed by atoms with Crippen molar-refractivity contribution in [3.05, 3.63) is 29.4 Å². The van der Waals surface area contributed by atoms with Crippen LogP contribution in [0.15, 0.2) is 18.7 Å². The number of ether oxygens (including phenoxy) is 1. The average molecular weight is 316 g/mol. The summed E-state index contributed by atoms with van der Waals surface area (Å²) in [6, 6.07) is 2.15. The Labute approximate surface area is 131 Å². The fourth-order valence-electron chi connectivity index (χ4n) is 2.80. The SMILES string of the molecule is Cc1cc2c(N3CCO[C@@H](c4nncn4C)C3)ncnc2s1. The van der Waals surface area contributed by atoms with Gasteiger partial charge in [-0.25, -0.2) is 9.97 Å². The van der Waals surface area contributed by atoms with Crippen molar-refractivity contribution >= 4 is 27.4 Å². The zero-order valence-corrected chi connectivity index (χ0v) is 13.2. The molecule has 1 saturated heterocycles. The Hall–Kier alpha value is -2.06. The van der Waals surface area contributed by atoms with E-state index in [1.165, 1.54) is 4.88 Å². The highest BCUT2D eigenvalue weighted by atomic mass is 32.1. The van der Waals surface area contributed by atoms with Crippen molar-refractivity contribution in [3.8, 4) is 0 Å². The highest BCUT2D eigenvalue weighted by Crippen LogP contribution is 2.32. The maximum Gasteiger partial charge on any atom is 0.163 e. The summed E-state index contributed by atoms with van der Waals surface area (Å²) in [5.41, 5.74) is 0. The average Bonchev–Trinajstić information content (AvgIpc) is 3.11. The van der Waals surface area contributed by atoms with Gasteiger partial charge in [-0.3, -0.25) is 0 Å². The number of thiophene rings is 1. The number of hydrogen-bond donors (Lipinski definition) is 0. The largest absolute Gasteiger partial charge is 0.366 e. The van der Waals surface area contributed by atoms with E-state index in [2.05, 4.69) is 38.1 Å². The molecule has 1 atom stereocenters. The fourth-order valence-corrected chi connectivity index (χ4v) is 3.64. The third kappa shape index (κ3) is 2.24. The van der Waals surface area contributed by atoms with Crippen LogP contribution in [0.5, 0.6) is 0 Å². The first-order valence-corrected chi connectivity index (χ1v) is 7.95. The van der Waals surface area contributed by atoms with Gasteiger partial charge in [0, 0.05) is 18.5 Å². The van der Waals surface area contributed by atoms with E-state index < -0.39 is 0 Å². The Bertz CT molecular complexity index is 813. The quantitative estimate of drug-likeness (QED) is 0.717. The normalized spacial score (nSPS) is 19.0. The van der Waals surface area contributed by atoms with Crippen molar-refractivity contribution in [1.82, 2.24) is 24.7 Å². The number of aromatic nitrogens is 5. The Kier molecular flexibility index (Phi) is 3.27. The molecule has 22 heavy (non-hydrogen) atoms. The van der Waals surface area contributed by atoms with Gasteiger partial charge in [-0.05, 0) is 13.0 Å². The number of aryl methyl sites for hydroxylation is 2. The number of morpholine rings is 1. The molecule has 0 aliphatic carbocycles. The predicted octanol–water partition coefficient (Wildman–Crippen LogP) is 1.71. The van der Waals surface area contributed by atoms with Gasteiger partial charge in [-0.15, -0.1) is 21.5 Å². The molecule has 4 heterocycles. The molecular weight excluding hydrogens is 300 g/mol. The van der Waals surface area contributed by atoms with Crippen molar-refractivity contribution in [1.29, 1.82) is 0 Å². The van der Waals surface area contributed by atoms with E-state index in [0.717, 1.165) is 28.4 Å². The fraction of sp³-hybridized carbons (Fsp3) is 0.429. The number of anilines is 1. The van der Waals surface area contributed by atoms with Crippen molar-refractivity contribution < 1.29 is 4.74 Å². The topological polar surface area (TPSA) is 69.0 Å². The molecule has 0 N–H and O–H groups in total. The lowest BCUT2D eigenvalue weighted by Crippen LogP contribution is -2.39. The number of rotatable bonds is 2. The molecule has 0 unspecified atom stereocenters. The third-order valence-electron chi connectivity index (χ3n) is 3.83. The molecule has 0 saturated carbocycles. The number of hydrogen-bond acceptors (Lipinski definition) is 7. The first-order chi connectivity index (χ1) is 10.7. The molecule has 1 aliphatic heterocycles. The molecule has 0 radical (unpaired) electrons. The Morgan fingerprint density at radius 1 is 1.36 bits per heavy atom. The maximum absolute atomic E-state index is 5.87. The minimum Gasteiger partial charge on any atom is -0.366 e. The number of nitrogens with zero attached hydrogens (tertiary/aromatic N) is 6. The lowest BCUT2D eigenvalue weighted by Gasteiger charge is -2.33. The minimum absolute atomic E-state index is 0.0917. The molecule has 8 heteroatoms. The molecule has 114 valence electrons. The second-order valence-electron chi connectivity index (χ2n) is 5.38. The van der Waals surface area contributed by atoms with Gasteiger partial charge in [-0.2, -0.15) is 0 Å². The maximum atomic E-state index is 5.87. The van der Waals surface area contributed by atoms with Crippen molar-refractivity contribution in [2.75, 3.05) is 24.6 Å². The van der Waals surface area contributed by atoms with Gasteiger partial charge in [-0.1, -0.05) is 0 Å². The second kappa shape index (κ2) is 5.29. The Balaban J connectivity index is 1.68. The van der Waals surface area contributed by atoms with Crippen LogP contribution in [0.4, 0.5) is 5.82 Å². The highest BCUT2D eigenvalue weighted by Gasteiger charge is 2.27. The monoisotopic (exact) mass is 316 g/mol. The summed E-state index contributed by atoms with van der Waals surface area (Å²) >= 11 is 1.70. The third-order valence-corrected chi connectivity index (χ3v) is 4.79. The molecule has 0 aromatic carbocycles. The second-order valence-corrected chi connectivity index (χ2v) is 6.61. The van der Waals surface area contributed by atoms with Gasteiger partial charge in [0.25, 0.3) is 0 Å². The van der Waals surface area contributed by atoms with E-state index in [1.807, 2.05) is 11.6 Å². The molecule has 1 fully saturated rings. The van der Waals surface area contributed by atoms with Crippen molar-refractivity contribution in [2.45, 2.75) is 13.0 Å². The standard InChI is InChI=1S/C14H16N6OS/c1-9-5-10-12(15-7-16-14(10)22-9)20-3-4-21-11(6-20)13-18-17-8-19(13)2/h5,7-8,11H,3-4,6H2,1-2H3/t11-/m1/s1. The van der Waals surface area contributed by atoms with Gasteiger partial charge in [0.1, 0.15) is 29.4 Å². The van der Waals surface area contributed by atoms with Crippen LogP contribution in [-0.4, -0.2) is 44.4 Å². The smallest absolute Gasteiger partial charge is 0.163 e. The van der Waals surface area contributed by atoms with Crippen LogP contribution >= 0.6 is 11.3 Å². The summed E-state index contributed by atoms with van der Waals surface area (Å²) in [5.74, 6) is 1.82. The van der Waals surface area contributed by atoms with E-state index in [-0.39, 0.29) is 6.10 Å². The van der Waals surface area contributed by atoms with Crippen LogP contribution in [-0.2, 0) is 11.8 Å². The molecule has 3 aromatic rings. The van der Waals surface area contributed by atoms with Gasteiger partial charge in [0.2, 0.25) is 0 Å². The van der Waals surface area contributed by atoms with Crippen molar-refractivity contribution in [3.63, 3.8) is 0 Å². The molecule has 0 spiro atoms. The van der Waals surface area contributed by atoms with E-state index in [9.17, 15) is 0 Å². The number of fused-ring (bicyclic) bond motifs is 1. The first kappa shape index (κ1) is 13.6. The predicted molar refractivity (Wildman–Crippen MR) is 84.1 cm³/mol. The molecule has 0 bridgehead atoms. The molecule has 3 aromatic heterocycles. The van der Waals surface area contributed by atoms with Crippen LogP contribution in [0.3, 0.4) is 0 Å². The van der Waals surface area contributed by atoms with Crippen LogP contribution in [0.1, 0.15) is 16.8 Å². The van der Waals surface area contributed by atoms with Crippen LogP contribution < -0.4 is 4.90 Å². The summed E-state index contributed by atoms with van der Waals surface area (Å²) in [5, 5.41) is 9.22. The van der Waals surface area contributed by atoms with Gasteiger partial charge in [0.15, 0.2) is 5.82 Å². The first-order valence-electron chi connectivity index (χ1n) is 7.14. The van der Waals surface area contributed by atoms with Crippen LogP contribution in [0.25, 0.3) is 10.2 Å². The Morgan fingerprint density at radius 3 is 3.09 bits per heavy atom. The molecular formula is C14H16N6OS. The summed E-state index contributed by atoms with van der Waals surface area (Å²) in [7, 11) is 1.93. The molecule has 1 aliphatic rings. The van der Waals surface area contributed by atoms with Gasteiger partial charge in [0.05, 0.1) is 18.5 Å². The molecule has 4 rings (SSSR count). The van der Waals surface area contributed by atoms with E-state index in [0.29, 0.717) is 13.2 Å². The summed E-state index contributed by atoms with van der Waals surface area (Å²) in [4.78, 5) is 13.4. The van der Waals surface area contributed by atoms with Gasteiger partial charge >= 0.3 is 0 Å². The zero-order valence-electron chi connectivity index (χ0n) is 12.4. The lowest BCUT2D eigenvalue weighted by atomic mass is 10.2. The van der Waals surface area contributed by atoms with E-state index >= 15 is 0 Å². The minimum atomic E-state index is -0.0917. The highest BCUT2D eigenvalue weighted by molar-refractivity contribution is 7.18. The van der Waals surface area contributed by atoms with Crippen molar-refractivity contribution in [2.24, 2.45) is 7.05 Å². The molecule has 0 amide bonds. The van der Waals surface area contributed by atoms with E-state index in [4.69, 9.17) is 4.74 Å². The summed E-state index contributed by atoms with van der Waals surface area (Å²) in [6.45, 7) is 4.27. The van der Waals surface area contributed by atoms with E-state index in [1.54, 1.807) is 24.0 Å². The summed E-state index contributed by atoms with van der Waals surface area (Å²) < 4.78 is 7.77. The molecule has 7 nitrogen and oxygen atoms in total. The van der Waals surface area contributed by atoms with Gasteiger partial charge < -0.3 is 14.2 Å². The Morgan fingerprint density at radius 2 is 2.27 bits per heavy atom. The van der Waals surface area contributed by atoms with Crippen LogP contribution in [0.2, 0.25) is 0 Å². The lowest BCUT2D eigenvalue weighted by molar-refractivity contribution is 0.0319. The van der Waals surface area contributed by atoms with Crippen LogP contribution in [0, 0.1) is 6.92 Å². The summed E-state index contributed by atoms with van der Waals surface area (Å²) in [6.07, 6.45) is 3.24.